The third-order valence-corrected chi connectivity index (χ3v) is 9.24. The Morgan fingerprint density at radius 1 is 0.909 bits per heavy atom. The number of allylic oxidation sites excluding steroid dienone is 1. The first kappa shape index (κ1) is 24.8. The highest BCUT2D eigenvalue weighted by molar-refractivity contribution is 5.39. The molecule has 0 bridgehead atoms. The first-order valence-corrected chi connectivity index (χ1v) is 14.2. The van der Waals surface area contributed by atoms with Gasteiger partial charge in [-0.2, -0.15) is 0 Å². The lowest BCUT2D eigenvalue weighted by Crippen LogP contribution is -2.35. The molecule has 1 aromatic rings. The molecule has 2 heteroatoms. The molecule has 0 aliphatic heterocycles. The molecule has 2 fully saturated rings. The number of halogens is 1. The minimum Gasteiger partial charge on any atom is -0.489 e. The van der Waals surface area contributed by atoms with Crippen LogP contribution in [0.4, 0.5) is 4.39 Å². The summed E-state index contributed by atoms with van der Waals surface area (Å²) in [6, 6.07) is 3.71. The molecular formula is C31H47FO. The van der Waals surface area contributed by atoms with Crippen molar-refractivity contribution in [2.75, 3.05) is 6.61 Å². The second-order valence-electron chi connectivity index (χ2n) is 11.4. The van der Waals surface area contributed by atoms with Crippen LogP contribution in [0.15, 0.2) is 24.3 Å². The third-order valence-electron chi connectivity index (χ3n) is 9.24. The Kier molecular flexibility index (Phi) is 9.33. The van der Waals surface area contributed by atoms with Gasteiger partial charge in [-0.3, -0.25) is 0 Å². The predicted octanol–water partition coefficient (Wildman–Crippen LogP) is 9.08. The van der Waals surface area contributed by atoms with Crippen molar-refractivity contribution in [3.63, 3.8) is 0 Å². The van der Waals surface area contributed by atoms with E-state index in [4.69, 9.17) is 4.74 Å². The van der Waals surface area contributed by atoms with Gasteiger partial charge in [-0.15, -0.1) is 0 Å². The second-order valence-corrected chi connectivity index (χ2v) is 11.4. The maximum atomic E-state index is 15.0. The highest BCUT2D eigenvalue weighted by Crippen LogP contribution is 2.49. The number of benzene rings is 1. The minimum atomic E-state index is -0.0409. The first-order chi connectivity index (χ1) is 16.2. The topological polar surface area (TPSA) is 9.23 Å². The molecule has 4 rings (SSSR count). The molecule has 0 heterocycles. The van der Waals surface area contributed by atoms with E-state index in [0.29, 0.717) is 18.3 Å². The number of rotatable bonds is 10. The molecule has 1 nitrogen and oxygen atoms in total. The van der Waals surface area contributed by atoms with E-state index < -0.39 is 0 Å². The number of unbranched alkanes of at least 4 members (excludes halogenated alkanes) is 4. The summed E-state index contributed by atoms with van der Waals surface area (Å²) in [4.78, 5) is 0. The molecule has 33 heavy (non-hydrogen) atoms. The molecule has 0 radical (unpaired) electrons. The Labute approximate surface area is 202 Å². The average Bonchev–Trinajstić information content (AvgIpc) is 2.83. The maximum Gasteiger partial charge on any atom is 0.130 e. The normalized spacial score (nSPS) is 29.6. The summed E-state index contributed by atoms with van der Waals surface area (Å²) < 4.78 is 20.7. The molecular weight excluding hydrogens is 407 g/mol. The van der Waals surface area contributed by atoms with E-state index in [0.717, 1.165) is 42.1 Å². The summed E-state index contributed by atoms with van der Waals surface area (Å²) in [6.07, 6.45) is 24.4. The SMILES string of the molecule is C/C=C/COc1cc(F)c2c(c1)CCC(C1CCC3CC(CCCCCCC)CCC3C1)C2. The van der Waals surface area contributed by atoms with Crippen LogP contribution in [-0.4, -0.2) is 6.61 Å². The zero-order valence-corrected chi connectivity index (χ0v) is 21.3. The molecule has 1 aromatic carbocycles. The lowest BCUT2D eigenvalue weighted by Gasteiger charge is -2.45. The smallest absolute Gasteiger partial charge is 0.130 e. The quantitative estimate of drug-likeness (QED) is 0.253. The van der Waals surface area contributed by atoms with Gasteiger partial charge in [0, 0.05) is 6.07 Å². The van der Waals surface area contributed by atoms with Gasteiger partial charge in [0.2, 0.25) is 0 Å². The fourth-order valence-electron chi connectivity index (χ4n) is 7.30. The van der Waals surface area contributed by atoms with Gasteiger partial charge in [0.05, 0.1) is 0 Å². The standard InChI is InChI=1S/C31H47FO/c1-3-5-7-8-9-10-23-11-12-25-19-26(14-13-24(25)18-23)27-15-16-28-20-29(33-17-6-4-2)22-31(32)30(28)21-27/h4,6,20,22-27H,3,5,7-19,21H2,1-2H3/b6-4+. The Morgan fingerprint density at radius 2 is 1.67 bits per heavy atom. The highest BCUT2D eigenvalue weighted by Gasteiger charge is 2.38. The lowest BCUT2D eigenvalue weighted by molar-refractivity contribution is 0.0687. The van der Waals surface area contributed by atoms with Crippen LogP contribution in [0.2, 0.25) is 0 Å². The molecule has 2 saturated carbocycles. The van der Waals surface area contributed by atoms with Crippen molar-refractivity contribution in [3.05, 3.63) is 41.2 Å². The summed E-state index contributed by atoms with van der Waals surface area (Å²) in [5, 5.41) is 0. The molecule has 0 N–H and O–H groups in total. The van der Waals surface area contributed by atoms with Crippen LogP contribution in [0, 0.1) is 35.4 Å². The fraction of sp³-hybridized carbons (Fsp3) is 0.742. The zero-order valence-electron chi connectivity index (χ0n) is 21.3. The van der Waals surface area contributed by atoms with Gasteiger partial charge in [-0.1, -0.05) is 64.0 Å². The van der Waals surface area contributed by atoms with Crippen LogP contribution in [0.25, 0.3) is 0 Å². The largest absolute Gasteiger partial charge is 0.489 e. The first-order valence-electron chi connectivity index (χ1n) is 14.2. The summed E-state index contributed by atoms with van der Waals surface area (Å²) in [5.74, 6) is 5.08. The Bertz CT molecular complexity index is 768. The molecule has 0 amide bonds. The monoisotopic (exact) mass is 454 g/mol. The van der Waals surface area contributed by atoms with Gasteiger partial charge >= 0.3 is 0 Å². The van der Waals surface area contributed by atoms with Gasteiger partial charge < -0.3 is 4.74 Å². The molecule has 0 saturated heterocycles. The van der Waals surface area contributed by atoms with Crippen molar-refractivity contribution in [1.82, 2.24) is 0 Å². The van der Waals surface area contributed by atoms with Crippen LogP contribution in [-0.2, 0) is 12.8 Å². The van der Waals surface area contributed by atoms with Crippen molar-refractivity contribution in [3.8, 4) is 5.75 Å². The van der Waals surface area contributed by atoms with E-state index in [9.17, 15) is 4.39 Å². The van der Waals surface area contributed by atoms with Crippen molar-refractivity contribution in [2.24, 2.45) is 29.6 Å². The van der Waals surface area contributed by atoms with E-state index in [1.54, 1.807) is 6.07 Å². The predicted molar refractivity (Wildman–Crippen MR) is 137 cm³/mol. The number of ether oxygens (including phenoxy) is 1. The van der Waals surface area contributed by atoms with Crippen LogP contribution in [0.3, 0.4) is 0 Å². The van der Waals surface area contributed by atoms with Crippen molar-refractivity contribution in [2.45, 2.75) is 110 Å². The van der Waals surface area contributed by atoms with Crippen LogP contribution in [0.5, 0.6) is 5.75 Å². The Morgan fingerprint density at radius 3 is 2.48 bits per heavy atom. The lowest BCUT2D eigenvalue weighted by atomic mass is 9.61. The van der Waals surface area contributed by atoms with Gasteiger partial charge in [0.1, 0.15) is 18.2 Å². The Balaban J connectivity index is 1.26. The van der Waals surface area contributed by atoms with Crippen molar-refractivity contribution >= 4 is 0 Å². The van der Waals surface area contributed by atoms with Gasteiger partial charge in [-0.25, -0.2) is 4.39 Å². The third kappa shape index (κ3) is 6.64. The van der Waals surface area contributed by atoms with Crippen molar-refractivity contribution < 1.29 is 9.13 Å². The van der Waals surface area contributed by atoms with E-state index in [1.165, 1.54) is 89.0 Å². The summed E-state index contributed by atoms with van der Waals surface area (Å²) in [7, 11) is 0. The molecule has 0 aromatic heterocycles. The average molecular weight is 455 g/mol. The van der Waals surface area contributed by atoms with Crippen molar-refractivity contribution in [1.29, 1.82) is 0 Å². The van der Waals surface area contributed by atoms with Crippen LogP contribution in [0.1, 0.15) is 108 Å². The Hall–Kier alpha value is -1.31. The number of hydrogen-bond donors (Lipinski definition) is 0. The summed E-state index contributed by atoms with van der Waals surface area (Å²) >= 11 is 0. The fourth-order valence-corrected chi connectivity index (χ4v) is 7.30. The molecule has 3 aliphatic rings. The number of hydrogen-bond acceptors (Lipinski definition) is 1. The maximum absolute atomic E-state index is 15.0. The van der Waals surface area contributed by atoms with Gasteiger partial charge in [0.25, 0.3) is 0 Å². The van der Waals surface area contributed by atoms with Gasteiger partial charge in [0.15, 0.2) is 0 Å². The summed E-state index contributed by atoms with van der Waals surface area (Å²) in [6.45, 7) is 4.80. The van der Waals surface area contributed by atoms with Crippen LogP contribution >= 0.6 is 0 Å². The highest BCUT2D eigenvalue weighted by atomic mass is 19.1. The van der Waals surface area contributed by atoms with E-state index in [2.05, 4.69) is 13.0 Å². The molecule has 3 aliphatic carbocycles. The molecule has 5 atom stereocenters. The second kappa shape index (κ2) is 12.4. The van der Waals surface area contributed by atoms with E-state index in [-0.39, 0.29) is 5.82 Å². The number of aryl methyl sites for hydroxylation is 1. The zero-order chi connectivity index (χ0) is 23.0. The molecule has 0 spiro atoms. The van der Waals surface area contributed by atoms with E-state index in [1.807, 2.05) is 19.1 Å². The summed E-state index contributed by atoms with van der Waals surface area (Å²) in [5.41, 5.74) is 2.17. The number of fused-ring (bicyclic) bond motifs is 2. The van der Waals surface area contributed by atoms with E-state index >= 15 is 0 Å². The minimum absolute atomic E-state index is 0.0409. The van der Waals surface area contributed by atoms with Gasteiger partial charge in [-0.05, 0) is 105 Å². The molecule has 184 valence electrons. The molecule has 5 unspecified atom stereocenters. The van der Waals surface area contributed by atoms with Crippen LogP contribution < -0.4 is 4.74 Å².